The van der Waals surface area contributed by atoms with E-state index in [1.54, 1.807) is 18.5 Å². The van der Waals surface area contributed by atoms with Gasteiger partial charge in [0, 0.05) is 18.2 Å². The molecule has 136 valence electrons. The third-order valence-electron chi connectivity index (χ3n) is 5.07. The maximum absolute atomic E-state index is 14.2. The summed E-state index contributed by atoms with van der Waals surface area (Å²) in [5.74, 6) is 0.416. The number of nitrogens with zero attached hydrogens (tertiary/aromatic N) is 5. The van der Waals surface area contributed by atoms with Gasteiger partial charge in [0.05, 0.1) is 16.6 Å². The highest BCUT2D eigenvalue weighted by Gasteiger charge is 2.41. The van der Waals surface area contributed by atoms with Crippen LogP contribution in [0.15, 0.2) is 36.7 Å². The van der Waals surface area contributed by atoms with E-state index in [0.29, 0.717) is 23.8 Å². The Balaban J connectivity index is 1.32. The number of anilines is 1. The van der Waals surface area contributed by atoms with Crippen molar-refractivity contribution in [3.63, 3.8) is 0 Å². The first-order valence-electron chi connectivity index (χ1n) is 8.72. The van der Waals surface area contributed by atoms with Gasteiger partial charge in [-0.25, -0.2) is 9.37 Å². The number of fused-ring (bicyclic) bond motifs is 1. The summed E-state index contributed by atoms with van der Waals surface area (Å²) < 4.78 is 15.2. The van der Waals surface area contributed by atoms with Crippen molar-refractivity contribution in [2.45, 2.75) is 24.7 Å². The standard InChI is InChI=1S/C18H16FN7S/c19-11-3-1-8-20-15(11)18(6-2-7-18)10-21-14-5-4-12(24-25-14)17-23-16-13(27-17)9-22-26-16/h1,3-5,8-9H,2,6-7,10H2,(H,21,25)(H,22,26). The highest BCUT2D eigenvalue weighted by molar-refractivity contribution is 7.21. The van der Waals surface area contributed by atoms with Gasteiger partial charge in [0.25, 0.3) is 0 Å². The van der Waals surface area contributed by atoms with Gasteiger partial charge >= 0.3 is 0 Å². The zero-order valence-electron chi connectivity index (χ0n) is 14.3. The Morgan fingerprint density at radius 3 is 2.85 bits per heavy atom. The highest BCUT2D eigenvalue weighted by Crippen LogP contribution is 2.43. The van der Waals surface area contributed by atoms with Crippen LogP contribution in [-0.4, -0.2) is 36.9 Å². The zero-order chi connectivity index (χ0) is 18.3. The van der Waals surface area contributed by atoms with E-state index in [0.717, 1.165) is 34.6 Å². The number of aromatic amines is 1. The average Bonchev–Trinajstić information content (AvgIpc) is 3.25. The molecule has 1 aliphatic rings. The molecule has 1 fully saturated rings. The lowest BCUT2D eigenvalue weighted by Crippen LogP contribution is -2.42. The normalized spacial score (nSPS) is 15.6. The van der Waals surface area contributed by atoms with Crippen molar-refractivity contribution in [2.75, 3.05) is 11.9 Å². The first kappa shape index (κ1) is 16.2. The van der Waals surface area contributed by atoms with Gasteiger partial charge in [0.1, 0.15) is 22.3 Å². The molecule has 7 nitrogen and oxygen atoms in total. The molecule has 4 heterocycles. The predicted molar refractivity (Wildman–Crippen MR) is 101 cm³/mol. The number of thiazole rings is 1. The number of H-pyrrole nitrogens is 1. The summed E-state index contributed by atoms with van der Waals surface area (Å²) in [7, 11) is 0. The van der Waals surface area contributed by atoms with E-state index in [1.165, 1.54) is 17.4 Å². The summed E-state index contributed by atoms with van der Waals surface area (Å²) in [6, 6.07) is 6.85. The lowest BCUT2D eigenvalue weighted by Gasteiger charge is -2.41. The van der Waals surface area contributed by atoms with Crippen LogP contribution in [0.25, 0.3) is 21.0 Å². The highest BCUT2D eigenvalue weighted by atomic mass is 32.1. The van der Waals surface area contributed by atoms with E-state index >= 15 is 0 Å². The van der Waals surface area contributed by atoms with Crippen molar-refractivity contribution in [1.29, 1.82) is 0 Å². The Bertz CT molecular complexity index is 1060. The first-order valence-corrected chi connectivity index (χ1v) is 9.54. The Morgan fingerprint density at radius 2 is 2.15 bits per heavy atom. The molecule has 0 saturated heterocycles. The molecule has 0 spiro atoms. The van der Waals surface area contributed by atoms with Crippen molar-refractivity contribution >= 4 is 27.5 Å². The number of hydrogen-bond donors (Lipinski definition) is 2. The second-order valence-corrected chi connectivity index (χ2v) is 7.76. The van der Waals surface area contributed by atoms with Crippen molar-refractivity contribution in [2.24, 2.45) is 0 Å². The smallest absolute Gasteiger partial charge is 0.167 e. The monoisotopic (exact) mass is 381 g/mol. The van der Waals surface area contributed by atoms with Crippen LogP contribution in [0, 0.1) is 5.82 Å². The Morgan fingerprint density at radius 1 is 1.22 bits per heavy atom. The van der Waals surface area contributed by atoms with Crippen LogP contribution in [0.3, 0.4) is 0 Å². The maximum atomic E-state index is 14.2. The zero-order valence-corrected chi connectivity index (χ0v) is 15.1. The van der Waals surface area contributed by atoms with E-state index in [4.69, 9.17) is 0 Å². The third kappa shape index (κ3) is 2.84. The number of pyridine rings is 1. The molecular weight excluding hydrogens is 365 g/mol. The summed E-state index contributed by atoms with van der Waals surface area (Å²) >= 11 is 1.51. The summed E-state index contributed by atoms with van der Waals surface area (Å²) in [6.45, 7) is 0.584. The van der Waals surface area contributed by atoms with Gasteiger partial charge in [-0.2, -0.15) is 5.10 Å². The van der Waals surface area contributed by atoms with Gasteiger partial charge in [-0.1, -0.05) is 6.42 Å². The van der Waals surface area contributed by atoms with Crippen molar-refractivity contribution < 1.29 is 4.39 Å². The molecule has 9 heteroatoms. The third-order valence-corrected chi connectivity index (χ3v) is 6.08. The molecule has 0 radical (unpaired) electrons. The Kier molecular flexibility index (Phi) is 3.82. The molecule has 4 aromatic heterocycles. The minimum absolute atomic E-state index is 0.241. The van der Waals surface area contributed by atoms with Gasteiger partial charge in [0.2, 0.25) is 0 Å². The molecule has 0 aliphatic heterocycles. The fraction of sp³-hybridized carbons (Fsp3) is 0.278. The Labute approximate surface area is 158 Å². The fourth-order valence-electron chi connectivity index (χ4n) is 3.44. The molecular formula is C18H16FN7S. The van der Waals surface area contributed by atoms with Crippen LogP contribution < -0.4 is 5.32 Å². The van der Waals surface area contributed by atoms with Gasteiger partial charge in [-0.05, 0) is 37.1 Å². The number of aromatic nitrogens is 6. The summed E-state index contributed by atoms with van der Waals surface area (Å²) in [5, 5.41) is 19.4. The van der Waals surface area contributed by atoms with Crippen LogP contribution in [-0.2, 0) is 5.41 Å². The number of rotatable bonds is 5. The summed E-state index contributed by atoms with van der Waals surface area (Å²) in [5.41, 5.74) is 1.74. The minimum Gasteiger partial charge on any atom is -0.368 e. The van der Waals surface area contributed by atoms with Crippen molar-refractivity contribution in [3.05, 3.63) is 48.2 Å². The topological polar surface area (TPSA) is 92.3 Å². The van der Waals surface area contributed by atoms with E-state index in [1.807, 2.05) is 12.1 Å². The fourth-order valence-corrected chi connectivity index (χ4v) is 4.29. The van der Waals surface area contributed by atoms with E-state index in [-0.39, 0.29) is 11.2 Å². The quantitative estimate of drug-likeness (QED) is 0.549. The van der Waals surface area contributed by atoms with Crippen molar-refractivity contribution in [3.8, 4) is 10.7 Å². The van der Waals surface area contributed by atoms with Crippen molar-refractivity contribution in [1.82, 2.24) is 30.4 Å². The molecule has 1 aliphatic carbocycles. The van der Waals surface area contributed by atoms with Crippen LogP contribution in [0.2, 0.25) is 0 Å². The molecule has 0 unspecified atom stereocenters. The maximum Gasteiger partial charge on any atom is 0.167 e. The van der Waals surface area contributed by atoms with Gasteiger partial charge in [0.15, 0.2) is 5.65 Å². The summed E-state index contributed by atoms with van der Waals surface area (Å²) in [4.78, 5) is 8.75. The van der Waals surface area contributed by atoms with Crippen LogP contribution in [0.5, 0.6) is 0 Å². The first-order chi connectivity index (χ1) is 13.2. The van der Waals surface area contributed by atoms with Gasteiger partial charge < -0.3 is 5.32 Å². The SMILES string of the molecule is Fc1cccnc1C1(CNc2ccc(-c3nc4[nH]ncc4s3)nn2)CCC1. The molecule has 27 heavy (non-hydrogen) atoms. The predicted octanol–water partition coefficient (Wildman–Crippen LogP) is 3.54. The van der Waals surface area contributed by atoms with Gasteiger partial charge in [-0.15, -0.1) is 21.5 Å². The van der Waals surface area contributed by atoms with Gasteiger partial charge in [-0.3, -0.25) is 10.1 Å². The number of halogens is 1. The lowest BCUT2D eigenvalue weighted by molar-refractivity contribution is 0.243. The van der Waals surface area contributed by atoms with E-state index in [2.05, 4.69) is 35.7 Å². The van der Waals surface area contributed by atoms with E-state index in [9.17, 15) is 4.39 Å². The summed E-state index contributed by atoms with van der Waals surface area (Å²) in [6.07, 6.45) is 6.30. The second-order valence-electron chi connectivity index (χ2n) is 6.73. The number of hydrogen-bond acceptors (Lipinski definition) is 7. The molecule has 2 N–H and O–H groups in total. The number of nitrogens with one attached hydrogen (secondary N) is 2. The average molecular weight is 381 g/mol. The molecule has 0 atom stereocenters. The molecule has 1 saturated carbocycles. The molecule has 0 amide bonds. The lowest BCUT2D eigenvalue weighted by atomic mass is 9.66. The molecule has 5 rings (SSSR count). The molecule has 4 aromatic rings. The van der Waals surface area contributed by atoms with Crippen LogP contribution in [0.4, 0.5) is 10.2 Å². The Hall–Kier alpha value is -2.94. The van der Waals surface area contributed by atoms with E-state index < -0.39 is 0 Å². The molecule has 0 bridgehead atoms. The largest absolute Gasteiger partial charge is 0.368 e. The molecule has 0 aromatic carbocycles. The second kappa shape index (κ2) is 6.34. The minimum atomic E-state index is -0.271. The van der Waals surface area contributed by atoms with Crippen LogP contribution >= 0.6 is 11.3 Å². The van der Waals surface area contributed by atoms with Crippen LogP contribution in [0.1, 0.15) is 25.0 Å².